The monoisotopic (exact) mass is 324 g/mol. The van der Waals surface area contributed by atoms with E-state index in [1.54, 1.807) is 6.26 Å². The predicted molar refractivity (Wildman–Crippen MR) is 102 cm³/mol. The number of hydrogen-bond donors (Lipinski definition) is 0. The molecule has 128 valence electrons. The maximum atomic E-state index is 5.99. The summed E-state index contributed by atoms with van der Waals surface area (Å²) in [6, 6.07) is 16.5. The van der Waals surface area contributed by atoms with E-state index in [1.165, 1.54) is 0 Å². The Labute approximate surface area is 146 Å². The minimum Gasteiger partial charge on any atom is -0.496 e. The molecule has 0 atom stereocenters. The van der Waals surface area contributed by atoms with E-state index in [-0.39, 0.29) is 11.2 Å². The average molecular weight is 324 g/mol. The zero-order chi connectivity index (χ0) is 17.8. The van der Waals surface area contributed by atoms with Crippen LogP contribution in [0.2, 0.25) is 0 Å². The van der Waals surface area contributed by atoms with Crippen molar-refractivity contribution in [1.29, 1.82) is 0 Å². The first-order valence-corrected chi connectivity index (χ1v) is 8.37. The van der Waals surface area contributed by atoms with E-state index < -0.39 is 0 Å². The minimum absolute atomic E-state index is 0.189. The molecule has 0 saturated heterocycles. The highest BCUT2D eigenvalue weighted by atomic mass is 16.5. The SMILES string of the molecule is CC(C)(C)OC=Cc1ccccc1-c1cccc(OC(C)(C)C)c1. The second kappa shape index (κ2) is 7.12. The third-order valence-electron chi connectivity index (χ3n) is 3.20. The highest BCUT2D eigenvalue weighted by molar-refractivity contribution is 5.75. The van der Waals surface area contributed by atoms with Crippen LogP contribution in [-0.2, 0) is 4.74 Å². The molecule has 0 aromatic heterocycles. The van der Waals surface area contributed by atoms with E-state index in [0.717, 1.165) is 22.4 Å². The van der Waals surface area contributed by atoms with Gasteiger partial charge in [-0.25, -0.2) is 0 Å². The Kier molecular flexibility index (Phi) is 5.38. The van der Waals surface area contributed by atoms with E-state index in [2.05, 4.69) is 51.1 Å². The fraction of sp³-hybridized carbons (Fsp3) is 0.364. The third kappa shape index (κ3) is 5.77. The van der Waals surface area contributed by atoms with Gasteiger partial charge in [0.05, 0.1) is 11.9 Å². The molecule has 2 heteroatoms. The zero-order valence-electron chi connectivity index (χ0n) is 15.6. The van der Waals surface area contributed by atoms with E-state index in [9.17, 15) is 0 Å². The Bertz CT molecular complexity index is 700. The fourth-order valence-electron chi connectivity index (χ4n) is 2.30. The van der Waals surface area contributed by atoms with E-state index in [4.69, 9.17) is 9.47 Å². The van der Waals surface area contributed by atoms with Crippen molar-refractivity contribution < 1.29 is 9.47 Å². The van der Waals surface area contributed by atoms with Crippen LogP contribution in [0.4, 0.5) is 0 Å². The van der Waals surface area contributed by atoms with Gasteiger partial charge in [-0.3, -0.25) is 0 Å². The summed E-state index contributed by atoms with van der Waals surface area (Å²) in [6.07, 6.45) is 3.78. The van der Waals surface area contributed by atoms with Crippen molar-refractivity contribution in [2.24, 2.45) is 0 Å². The lowest BCUT2D eigenvalue weighted by atomic mass is 9.99. The first kappa shape index (κ1) is 18.1. The molecule has 0 heterocycles. The minimum atomic E-state index is -0.210. The molecule has 0 unspecified atom stereocenters. The first-order valence-electron chi connectivity index (χ1n) is 8.37. The highest BCUT2D eigenvalue weighted by Crippen LogP contribution is 2.29. The van der Waals surface area contributed by atoms with Gasteiger partial charge in [-0.2, -0.15) is 0 Å². The third-order valence-corrected chi connectivity index (χ3v) is 3.20. The van der Waals surface area contributed by atoms with Crippen LogP contribution in [0, 0.1) is 0 Å². The fourth-order valence-corrected chi connectivity index (χ4v) is 2.30. The van der Waals surface area contributed by atoms with Gasteiger partial charge in [0.15, 0.2) is 0 Å². The molecule has 0 fully saturated rings. The molecular formula is C22H28O2. The topological polar surface area (TPSA) is 18.5 Å². The number of hydrogen-bond acceptors (Lipinski definition) is 2. The van der Waals surface area contributed by atoms with E-state index >= 15 is 0 Å². The summed E-state index contributed by atoms with van der Waals surface area (Å²) in [5.41, 5.74) is 3.01. The molecule has 0 aliphatic carbocycles. The van der Waals surface area contributed by atoms with Crippen LogP contribution < -0.4 is 4.74 Å². The van der Waals surface area contributed by atoms with Crippen molar-refractivity contribution in [3.8, 4) is 16.9 Å². The maximum absolute atomic E-state index is 5.99. The summed E-state index contributed by atoms with van der Waals surface area (Å²) in [7, 11) is 0. The van der Waals surface area contributed by atoms with Crippen molar-refractivity contribution >= 4 is 6.08 Å². The van der Waals surface area contributed by atoms with Crippen LogP contribution in [0.3, 0.4) is 0 Å². The summed E-state index contributed by atoms with van der Waals surface area (Å²) < 4.78 is 11.7. The largest absolute Gasteiger partial charge is 0.496 e. The summed E-state index contributed by atoms with van der Waals surface area (Å²) >= 11 is 0. The first-order chi connectivity index (χ1) is 11.1. The van der Waals surface area contributed by atoms with Crippen LogP contribution >= 0.6 is 0 Å². The lowest BCUT2D eigenvalue weighted by Gasteiger charge is -2.21. The summed E-state index contributed by atoms with van der Waals surface area (Å²) in [5.74, 6) is 0.879. The van der Waals surface area contributed by atoms with Crippen LogP contribution in [0.5, 0.6) is 5.75 Å². The smallest absolute Gasteiger partial charge is 0.120 e. The van der Waals surface area contributed by atoms with Gasteiger partial charge in [-0.15, -0.1) is 0 Å². The number of ether oxygens (including phenoxy) is 2. The van der Waals surface area contributed by atoms with Gasteiger partial charge in [-0.1, -0.05) is 36.4 Å². The van der Waals surface area contributed by atoms with Gasteiger partial charge in [0.2, 0.25) is 0 Å². The number of rotatable bonds is 4. The van der Waals surface area contributed by atoms with Gasteiger partial charge in [0.1, 0.15) is 11.4 Å². The van der Waals surface area contributed by atoms with Crippen molar-refractivity contribution in [2.45, 2.75) is 52.7 Å². The van der Waals surface area contributed by atoms with Gasteiger partial charge in [-0.05, 0) is 76.4 Å². The summed E-state index contributed by atoms with van der Waals surface area (Å²) in [6.45, 7) is 12.3. The van der Waals surface area contributed by atoms with Crippen molar-refractivity contribution in [3.63, 3.8) is 0 Å². The Hall–Kier alpha value is -2.22. The lowest BCUT2D eigenvalue weighted by molar-refractivity contribution is 0.0783. The van der Waals surface area contributed by atoms with Gasteiger partial charge < -0.3 is 9.47 Å². The van der Waals surface area contributed by atoms with Crippen LogP contribution in [0.1, 0.15) is 47.1 Å². The lowest BCUT2D eigenvalue weighted by Crippen LogP contribution is -2.22. The van der Waals surface area contributed by atoms with Crippen molar-refractivity contribution in [1.82, 2.24) is 0 Å². The molecule has 0 aliphatic heterocycles. The molecule has 2 rings (SSSR count). The molecule has 0 N–H and O–H groups in total. The predicted octanol–water partition coefficient (Wildman–Crippen LogP) is 6.32. The molecule has 0 aliphatic rings. The van der Waals surface area contributed by atoms with Gasteiger partial charge >= 0.3 is 0 Å². The molecule has 2 aromatic carbocycles. The Morgan fingerprint density at radius 1 is 0.792 bits per heavy atom. The van der Waals surface area contributed by atoms with Gasteiger partial charge in [0, 0.05) is 0 Å². The van der Waals surface area contributed by atoms with Crippen molar-refractivity contribution in [2.75, 3.05) is 0 Å². The quantitative estimate of drug-likeness (QED) is 0.613. The maximum Gasteiger partial charge on any atom is 0.120 e. The molecule has 0 spiro atoms. The second-order valence-electron chi connectivity index (χ2n) is 7.86. The zero-order valence-corrected chi connectivity index (χ0v) is 15.6. The van der Waals surface area contributed by atoms with E-state index in [0.29, 0.717) is 0 Å². The molecule has 2 nitrogen and oxygen atoms in total. The molecular weight excluding hydrogens is 296 g/mol. The molecule has 0 radical (unpaired) electrons. The van der Waals surface area contributed by atoms with Crippen molar-refractivity contribution in [3.05, 3.63) is 60.4 Å². The van der Waals surface area contributed by atoms with Crippen LogP contribution in [0.15, 0.2) is 54.8 Å². The number of benzene rings is 2. The Morgan fingerprint density at radius 2 is 1.50 bits per heavy atom. The van der Waals surface area contributed by atoms with Gasteiger partial charge in [0.25, 0.3) is 0 Å². The normalized spacial score (nSPS) is 12.4. The molecule has 0 amide bonds. The summed E-state index contributed by atoms with van der Waals surface area (Å²) in [4.78, 5) is 0. The molecule has 2 aromatic rings. The molecule has 0 saturated carbocycles. The van der Waals surface area contributed by atoms with Crippen LogP contribution in [0.25, 0.3) is 17.2 Å². The van der Waals surface area contributed by atoms with Crippen LogP contribution in [-0.4, -0.2) is 11.2 Å². The average Bonchev–Trinajstić information content (AvgIpc) is 2.45. The Balaban J connectivity index is 2.31. The second-order valence-corrected chi connectivity index (χ2v) is 7.86. The Morgan fingerprint density at radius 3 is 2.17 bits per heavy atom. The highest BCUT2D eigenvalue weighted by Gasteiger charge is 2.13. The van der Waals surface area contributed by atoms with E-state index in [1.807, 2.05) is 45.0 Å². The molecule has 24 heavy (non-hydrogen) atoms. The standard InChI is InChI=1S/C22H28O2/c1-21(2,3)23-15-14-17-10-7-8-13-20(17)18-11-9-12-19(16-18)24-22(4,5)6/h7-16H,1-6H3. The summed E-state index contributed by atoms with van der Waals surface area (Å²) in [5, 5.41) is 0. The molecule has 0 bridgehead atoms.